The Morgan fingerprint density at radius 3 is 2.11 bits per heavy atom. The van der Waals surface area contributed by atoms with E-state index in [1.54, 1.807) is 24.3 Å². The van der Waals surface area contributed by atoms with Crippen LogP contribution in [-0.4, -0.2) is 33.8 Å². The molecule has 5 N–H and O–H groups in total. The molecule has 0 aliphatic carbocycles. The number of aliphatic hydroxyl groups is 1. The van der Waals surface area contributed by atoms with Crippen molar-refractivity contribution in [2.24, 2.45) is 0 Å². The monoisotopic (exact) mass is 768 g/mol. The minimum absolute atomic E-state index is 0.0302. The zero-order chi connectivity index (χ0) is 38.7. The second-order valence-corrected chi connectivity index (χ2v) is 14.5. The molecular formula is C45H44N4O6S. The van der Waals surface area contributed by atoms with Crippen LogP contribution in [0.25, 0.3) is 22.6 Å². The van der Waals surface area contributed by atoms with Gasteiger partial charge >= 0.3 is 0 Å². The highest BCUT2D eigenvalue weighted by Gasteiger charge is 2.33. The van der Waals surface area contributed by atoms with E-state index >= 15 is 0 Å². The maximum Gasteiger partial charge on any atom is 0.256 e. The third-order valence-corrected chi connectivity index (χ3v) is 10.4. The van der Waals surface area contributed by atoms with Gasteiger partial charge in [0.25, 0.3) is 5.22 Å². The molecule has 1 saturated heterocycles. The first-order valence-corrected chi connectivity index (χ1v) is 19.7. The number of benzene rings is 5. The van der Waals surface area contributed by atoms with Crippen molar-refractivity contribution in [3.63, 3.8) is 0 Å². The van der Waals surface area contributed by atoms with Gasteiger partial charge in [-0.15, -0.1) is 0 Å². The van der Waals surface area contributed by atoms with Gasteiger partial charge in [0.15, 0.2) is 12.1 Å². The van der Waals surface area contributed by atoms with Crippen molar-refractivity contribution in [1.29, 1.82) is 0 Å². The third kappa shape index (κ3) is 10.1. The van der Waals surface area contributed by atoms with Gasteiger partial charge in [-0.2, -0.15) is 0 Å². The second kappa shape index (κ2) is 18.7. The Morgan fingerprint density at radius 1 is 0.750 bits per heavy atom. The molecule has 11 heteroatoms. The lowest BCUT2D eigenvalue weighted by atomic mass is 10.0. The average molecular weight is 769 g/mol. The highest BCUT2D eigenvalue weighted by atomic mass is 32.2. The lowest BCUT2D eigenvalue weighted by molar-refractivity contribution is -0.245. The number of aliphatic hydroxyl groups excluding tert-OH is 1. The van der Waals surface area contributed by atoms with Crippen molar-refractivity contribution in [3.05, 3.63) is 156 Å². The number of nitrogens with zero attached hydrogens (tertiary/aromatic N) is 1. The molecule has 10 nitrogen and oxygen atoms in total. The van der Waals surface area contributed by atoms with Crippen molar-refractivity contribution in [1.82, 2.24) is 10.3 Å². The molecule has 0 spiro atoms. The normalized spacial score (nSPS) is 16.6. The topological polar surface area (TPSA) is 149 Å². The van der Waals surface area contributed by atoms with Crippen LogP contribution in [0.2, 0.25) is 0 Å². The number of aromatic nitrogens is 1. The summed E-state index contributed by atoms with van der Waals surface area (Å²) in [5, 5.41) is 15.9. The van der Waals surface area contributed by atoms with E-state index in [0.717, 1.165) is 44.8 Å². The van der Waals surface area contributed by atoms with E-state index in [-0.39, 0.29) is 43.5 Å². The van der Waals surface area contributed by atoms with Crippen LogP contribution in [0.3, 0.4) is 0 Å². The Hall–Kier alpha value is -5.72. The number of carbonyl (C=O) groups is 2. The van der Waals surface area contributed by atoms with E-state index < -0.39 is 6.29 Å². The zero-order valence-electron chi connectivity index (χ0n) is 30.8. The molecule has 6 aromatic rings. The maximum atomic E-state index is 12.6. The van der Waals surface area contributed by atoms with Crippen molar-refractivity contribution < 1.29 is 28.6 Å². The molecule has 2 heterocycles. The number of ether oxygens (including phenoxy) is 2. The van der Waals surface area contributed by atoms with Crippen molar-refractivity contribution in [3.8, 4) is 22.6 Å². The Morgan fingerprint density at radius 2 is 1.39 bits per heavy atom. The van der Waals surface area contributed by atoms with E-state index in [4.69, 9.17) is 24.6 Å². The molecule has 2 amide bonds. The maximum absolute atomic E-state index is 12.6. The number of anilines is 2. The van der Waals surface area contributed by atoms with Crippen LogP contribution in [0.1, 0.15) is 60.3 Å². The molecule has 7 rings (SSSR count). The smallest absolute Gasteiger partial charge is 0.256 e. The molecule has 1 aliphatic heterocycles. The number of hydrogen-bond donors (Lipinski definition) is 4. The van der Waals surface area contributed by atoms with E-state index in [1.165, 1.54) is 11.8 Å². The van der Waals surface area contributed by atoms with Gasteiger partial charge in [-0.1, -0.05) is 133 Å². The summed E-state index contributed by atoms with van der Waals surface area (Å²) < 4.78 is 19.5. The Balaban J connectivity index is 0.982. The first-order valence-electron chi connectivity index (χ1n) is 18.7. The van der Waals surface area contributed by atoms with Crippen molar-refractivity contribution in [2.45, 2.75) is 62.6 Å². The lowest BCUT2D eigenvalue weighted by Crippen LogP contribution is -2.31. The summed E-state index contributed by atoms with van der Waals surface area (Å²) in [7, 11) is 0. The van der Waals surface area contributed by atoms with E-state index in [1.807, 2.05) is 109 Å². The fraction of sp³-hybridized carbons (Fsp3) is 0.222. The van der Waals surface area contributed by atoms with Gasteiger partial charge in [-0.3, -0.25) is 9.59 Å². The Bertz CT molecular complexity index is 2140. The molecule has 1 fully saturated rings. The summed E-state index contributed by atoms with van der Waals surface area (Å²) in [4.78, 5) is 29.8. The molecule has 0 unspecified atom stereocenters. The minimum Gasteiger partial charge on any atom is -0.431 e. The summed E-state index contributed by atoms with van der Waals surface area (Å²) in [6, 6.07) is 42.7. The fourth-order valence-corrected chi connectivity index (χ4v) is 7.28. The summed E-state index contributed by atoms with van der Waals surface area (Å²) in [5.41, 5.74) is 13.3. The van der Waals surface area contributed by atoms with Crippen LogP contribution in [0.15, 0.2) is 143 Å². The summed E-state index contributed by atoms with van der Waals surface area (Å²) in [6.45, 7) is 0.320. The number of hydrogen-bond acceptors (Lipinski definition) is 9. The molecule has 286 valence electrons. The third-order valence-electron chi connectivity index (χ3n) is 9.48. The highest BCUT2D eigenvalue weighted by molar-refractivity contribution is 7.99. The van der Waals surface area contributed by atoms with Crippen molar-refractivity contribution in [2.75, 3.05) is 16.8 Å². The van der Waals surface area contributed by atoms with Gasteiger partial charge in [0.1, 0.15) is 5.69 Å². The number of nitrogen functional groups attached to an aromatic ring is 1. The van der Waals surface area contributed by atoms with Gasteiger partial charge in [0.05, 0.1) is 30.2 Å². The standard InChI is InChI=1S/C45H44N4O6S/c46-37-14-7-8-15-38(37)48-41(52)17-9-16-40(51)47-27-30-18-24-35(25-19-30)44-53-36(26-39(54-44)32-22-20-31(28-50)21-23-32)29-56-45-49-42(33-10-3-1-4-11-33)43(55-45)34-12-5-2-6-13-34/h1-8,10-15,18-25,36,39,44,50H,9,16-17,26-29,46H2,(H,47,51)(H,48,52)/t36-,39+,44+/m0/s1. The predicted molar refractivity (Wildman–Crippen MR) is 218 cm³/mol. The van der Waals surface area contributed by atoms with E-state index in [2.05, 4.69) is 10.6 Å². The van der Waals surface area contributed by atoms with Crippen LogP contribution in [0.4, 0.5) is 11.4 Å². The largest absolute Gasteiger partial charge is 0.431 e. The summed E-state index contributed by atoms with van der Waals surface area (Å²) in [6.07, 6.45) is 0.400. The Kier molecular flexibility index (Phi) is 12.9. The minimum atomic E-state index is -0.637. The molecule has 3 atom stereocenters. The van der Waals surface area contributed by atoms with Gasteiger partial charge in [-0.05, 0) is 35.2 Å². The lowest BCUT2D eigenvalue weighted by Gasteiger charge is -2.36. The zero-order valence-corrected chi connectivity index (χ0v) is 31.6. The first-order chi connectivity index (χ1) is 27.4. The van der Waals surface area contributed by atoms with Gasteiger partial charge in [-0.25, -0.2) is 4.98 Å². The number of thioether (sulfide) groups is 1. The predicted octanol–water partition coefficient (Wildman–Crippen LogP) is 8.85. The summed E-state index contributed by atoms with van der Waals surface area (Å²) >= 11 is 1.51. The molecule has 1 aliphatic rings. The second-order valence-electron chi connectivity index (χ2n) is 13.6. The number of nitrogens with two attached hydrogens (primary N) is 1. The molecule has 0 saturated carbocycles. The molecule has 56 heavy (non-hydrogen) atoms. The number of rotatable bonds is 15. The van der Waals surface area contributed by atoms with Gasteiger partial charge in [0.2, 0.25) is 11.8 Å². The number of carbonyl (C=O) groups excluding carboxylic acids is 2. The van der Waals surface area contributed by atoms with Crippen LogP contribution in [-0.2, 0) is 32.2 Å². The fourth-order valence-electron chi connectivity index (χ4n) is 6.44. The molecule has 0 bridgehead atoms. The van der Waals surface area contributed by atoms with E-state index in [0.29, 0.717) is 41.7 Å². The van der Waals surface area contributed by atoms with Gasteiger partial charge in [0, 0.05) is 48.3 Å². The van der Waals surface area contributed by atoms with Crippen molar-refractivity contribution >= 4 is 35.0 Å². The van der Waals surface area contributed by atoms with Crippen LogP contribution < -0.4 is 16.4 Å². The molecule has 1 aromatic heterocycles. The molecular weight excluding hydrogens is 725 g/mol. The molecule has 5 aromatic carbocycles. The highest BCUT2D eigenvalue weighted by Crippen LogP contribution is 2.41. The van der Waals surface area contributed by atoms with Crippen LogP contribution >= 0.6 is 11.8 Å². The number of nitrogens with one attached hydrogen (secondary N) is 2. The first kappa shape index (κ1) is 38.6. The summed E-state index contributed by atoms with van der Waals surface area (Å²) in [5.74, 6) is 0.990. The van der Waals surface area contributed by atoms with Gasteiger partial charge < -0.3 is 35.4 Å². The van der Waals surface area contributed by atoms with Crippen LogP contribution in [0, 0.1) is 0 Å². The number of oxazole rings is 1. The molecule has 0 radical (unpaired) electrons. The quantitative estimate of drug-likeness (QED) is 0.0594. The Labute approximate surface area is 330 Å². The van der Waals surface area contributed by atoms with Crippen LogP contribution in [0.5, 0.6) is 0 Å². The average Bonchev–Trinajstić information content (AvgIpc) is 3.68. The number of amides is 2. The number of para-hydroxylation sites is 2. The van der Waals surface area contributed by atoms with E-state index in [9.17, 15) is 14.7 Å². The SMILES string of the molecule is Nc1ccccc1NC(=O)CCCC(=O)NCc1ccc([C@@H]2O[C@H](CSc3nc(-c4ccccc4)c(-c4ccccc4)o3)C[C@H](c3ccc(CO)cc3)O2)cc1.